The van der Waals surface area contributed by atoms with E-state index in [0.29, 0.717) is 40.5 Å². The summed E-state index contributed by atoms with van der Waals surface area (Å²) in [5.74, 6) is -1.19. The van der Waals surface area contributed by atoms with E-state index in [-0.39, 0.29) is 17.8 Å². The third-order valence-electron chi connectivity index (χ3n) is 4.97. The number of carbonyl (C=O) groups is 1. The van der Waals surface area contributed by atoms with Gasteiger partial charge < -0.3 is 10.8 Å². The van der Waals surface area contributed by atoms with E-state index in [4.69, 9.17) is 5.73 Å². The lowest BCUT2D eigenvalue weighted by atomic mass is 9.90. The highest BCUT2D eigenvalue weighted by molar-refractivity contribution is 7.13. The summed E-state index contributed by atoms with van der Waals surface area (Å²) in [5.41, 5.74) is 7.65. The second kappa shape index (κ2) is 7.11. The molecule has 3 N–H and O–H groups in total. The fourth-order valence-electron chi connectivity index (χ4n) is 3.32. The molecule has 4 aromatic rings. The van der Waals surface area contributed by atoms with Crippen LogP contribution in [0.4, 0.5) is 4.39 Å². The topological polar surface area (TPSA) is 125 Å². The quantitative estimate of drug-likeness (QED) is 0.472. The van der Waals surface area contributed by atoms with E-state index in [0.717, 1.165) is 0 Å². The van der Waals surface area contributed by atoms with Crippen LogP contribution >= 0.6 is 11.3 Å². The molecule has 0 saturated heterocycles. The molecular formula is C19H16FN7O2S. The van der Waals surface area contributed by atoms with Crippen molar-refractivity contribution in [1.29, 1.82) is 0 Å². The van der Waals surface area contributed by atoms with Crippen LogP contribution in [-0.2, 0) is 0 Å². The molecule has 1 aliphatic rings. The lowest BCUT2D eigenvalue weighted by Gasteiger charge is -2.31. The molecule has 11 heteroatoms. The van der Waals surface area contributed by atoms with Gasteiger partial charge in [-0.2, -0.15) is 14.6 Å². The molecule has 9 nitrogen and oxygen atoms in total. The van der Waals surface area contributed by atoms with Crippen LogP contribution < -0.4 is 5.73 Å². The largest absolute Gasteiger partial charge is 0.393 e. The van der Waals surface area contributed by atoms with Gasteiger partial charge in [0.1, 0.15) is 22.1 Å². The zero-order valence-corrected chi connectivity index (χ0v) is 16.3. The fourth-order valence-corrected chi connectivity index (χ4v) is 4.10. The van der Waals surface area contributed by atoms with Gasteiger partial charge in [0, 0.05) is 17.1 Å². The van der Waals surface area contributed by atoms with Gasteiger partial charge in [0.05, 0.1) is 30.2 Å². The number of halogens is 1. The Balaban J connectivity index is 1.56. The normalized spacial score (nSPS) is 18.3. The predicted molar refractivity (Wildman–Crippen MR) is 106 cm³/mol. The standard InChI is InChI=1S/C19H16FN7O2S/c20-16-3-1-2-13(23-16)17-15(8-26(25-17)11-4-12(28)5-11)27-7-10(6-22-27)19-24-14(9-30-19)18(21)29/h1-3,6-9,11-12,28H,4-5H2,(H2,21,29). The van der Waals surface area contributed by atoms with Gasteiger partial charge in [-0.25, -0.2) is 14.6 Å². The highest BCUT2D eigenvalue weighted by atomic mass is 32.1. The van der Waals surface area contributed by atoms with Crippen molar-refractivity contribution < 1.29 is 14.3 Å². The van der Waals surface area contributed by atoms with E-state index in [1.54, 1.807) is 39.3 Å². The molecule has 4 heterocycles. The van der Waals surface area contributed by atoms with Gasteiger partial charge in [-0.05, 0) is 25.0 Å². The molecule has 0 bridgehead atoms. The number of rotatable bonds is 5. The number of amides is 1. The second-order valence-corrected chi connectivity index (χ2v) is 7.90. The Hall–Kier alpha value is -3.44. The van der Waals surface area contributed by atoms with E-state index in [9.17, 15) is 14.3 Å². The average molecular weight is 425 g/mol. The summed E-state index contributed by atoms with van der Waals surface area (Å²) >= 11 is 1.29. The SMILES string of the molecule is NC(=O)c1csc(-c2cnn(-c3cn(C4CC(O)C4)nc3-c3cccc(F)n3)c2)n1. The lowest BCUT2D eigenvalue weighted by molar-refractivity contribution is 0.0435. The first kappa shape index (κ1) is 18.6. The fraction of sp³-hybridized carbons (Fsp3) is 0.211. The van der Waals surface area contributed by atoms with Gasteiger partial charge in [0.2, 0.25) is 5.95 Å². The van der Waals surface area contributed by atoms with Crippen LogP contribution in [0.3, 0.4) is 0 Å². The Kier molecular flexibility index (Phi) is 4.40. The molecule has 0 aliphatic heterocycles. The summed E-state index contributed by atoms with van der Waals surface area (Å²) in [5, 5.41) is 20.8. The summed E-state index contributed by atoms with van der Waals surface area (Å²) in [6.07, 6.45) is 6.07. The number of nitrogens with two attached hydrogens (primary N) is 1. The third kappa shape index (κ3) is 3.27. The van der Waals surface area contributed by atoms with Crippen LogP contribution in [0.1, 0.15) is 29.4 Å². The second-order valence-electron chi connectivity index (χ2n) is 7.04. The molecule has 0 spiro atoms. The van der Waals surface area contributed by atoms with Crippen molar-refractivity contribution >= 4 is 17.2 Å². The summed E-state index contributed by atoms with van der Waals surface area (Å²) in [6, 6.07) is 4.59. The monoisotopic (exact) mass is 425 g/mol. The minimum atomic E-state index is -0.602. The molecular weight excluding hydrogens is 409 g/mol. The highest BCUT2D eigenvalue weighted by Crippen LogP contribution is 2.35. The zero-order chi connectivity index (χ0) is 20.8. The summed E-state index contributed by atoms with van der Waals surface area (Å²) in [4.78, 5) is 19.5. The number of pyridine rings is 1. The molecule has 4 aromatic heterocycles. The number of thiazole rings is 1. The van der Waals surface area contributed by atoms with E-state index in [1.165, 1.54) is 17.4 Å². The minimum absolute atomic E-state index is 0.0631. The molecule has 30 heavy (non-hydrogen) atoms. The molecule has 5 rings (SSSR count). The van der Waals surface area contributed by atoms with Crippen LogP contribution in [0, 0.1) is 5.95 Å². The van der Waals surface area contributed by atoms with Crippen LogP contribution in [0.2, 0.25) is 0 Å². The molecule has 0 aromatic carbocycles. The Morgan fingerprint density at radius 1 is 1.27 bits per heavy atom. The number of aliphatic hydroxyl groups excluding tert-OH is 1. The molecule has 1 amide bonds. The highest BCUT2D eigenvalue weighted by Gasteiger charge is 2.31. The maximum atomic E-state index is 13.7. The van der Waals surface area contributed by atoms with Gasteiger partial charge in [-0.1, -0.05) is 6.07 Å². The zero-order valence-electron chi connectivity index (χ0n) is 15.5. The number of primary amides is 1. The first-order valence-electron chi connectivity index (χ1n) is 9.19. The van der Waals surface area contributed by atoms with Gasteiger partial charge in [-0.15, -0.1) is 11.3 Å². The smallest absolute Gasteiger partial charge is 0.268 e. The molecule has 0 unspecified atom stereocenters. The maximum absolute atomic E-state index is 13.7. The van der Waals surface area contributed by atoms with Gasteiger partial charge >= 0.3 is 0 Å². The van der Waals surface area contributed by atoms with Gasteiger partial charge in [-0.3, -0.25) is 9.48 Å². The Bertz CT molecular complexity index is 1240. The van der Waals surface area contributed by atoms with E-state index in [2.05, 4.69) is 20.2 Å². The minimum Gasteiger partial charge on any atom is -0.393 e. The van der Waals surface area contributed by atoms with Crippen LogP contribution in [0.25, 0.3) is 27.6 Å². The number of carbonyl (C=O) groups excluding carboxylic acids is 1. The number of hydrogen-bond donors (Lipinski definition) is 2. The molecule has 1 aliphatic carbocycles. The number of nitrogens with zero attached hydrogens (tertiary/aromatic N) is 6. The molecule has 1 saturated carbocycles. The molecule has 0 atom stereocenters. The molecule has 152 valence electrons. The van der Waals surface area contributed by atoms with Crippen molar-refractivity contribution in [3.8, 4) is 27.6 Å². The van der Waals surface area contributed by atoms with E-state index < -0.39 is 11.9 Å². The molecule has 1 fully saturated rings. The number of hydrogen-bond acceptors (Lipinski definition) is 7. The average Bonchev–Trinajstić information content (AvgIpc) is 3.43. The van der Waals surface area contributed by atoms with E-state index >= 15 is 0 Å². The lowest BCUT2D eigenvalue weighted by Crippen LogP contribution is -2.31. The number of aromatic nitrogens is 6. The Morgan fingerprint density at radius 2 is 2.10 bits per heavy atom. The summed E-state index contributed by atoms with van der Waals surface area (Å²) in [6.45, 7) is 0. The van der Waals surface area contributed by atoms with Gasteiger partial charge in [0.25, 0.3) is 5.91 Å². The van der Waals surface area contributed by atoms with Crippen LogP contribution in [-0.4, -0.2) is 46.6 Å². The number of aliphatic hydroxyl groups is 1. The Morgan fingerprint density at radius 3 is 2.80 bits per heavy atom. The Labute approximate surface area is 173 Å². The van der Waals surface area contributed by atoms with Crippen LogP contribution in [0.5, 0.6) is 0 Å². The van der Waals surface area contributed by atoms with Crippen molar-refractivity contribution in [2.75, 3.05) is 0 Å². The van der Waals surface area contributed by atoms with Crippen molar-refractivity contribution in [1.82, 2.24) is 29.5 Å². The first-order chi connectivity index (χ1) is 14.5. The van der Waals surface area contributed by atoms with E-state index in [1.807, 2.05) is 6.20 Å². The van der Waals surface area contributed by atoms with Crippen molar-refractivity contribution in [3.63, 3.8) is 0 Å². The third-order valence-corrected chi connectivity index (χ3v) is 5.86. The van der Waals surface area contributed by atoms with Crippen LogP contribution in [0.15, 0.2) is 42.2 Å². The summed E-state index contributed by atoms with van der Waals surface area (Å²) < 4.78 is 17.1. The van der Waals surface area contributed by atoms with Crippen molar-refractivity contribution in [2.24, 2.45) is 5.73 Å². The first-order valence-corrected chi connectivity index (χ1v) is 10.1. The van der Waals surface area contributed by atoms with Gasteiger partial charge in [0.15, 0.2) is 0 Å². The molecule has 0 radical (unpaired) electrons. The van der Waals surface area contributed by atoms with Crippen molar-refractivity contribution in [2.45, 2.75) is 25.0 Å². The summed E-state index contributed by atoms with van der Waals surface area (Å²) in [7, 11) is 0. The predicted octanol–water partition coefficient (Wildman–Crippen LogP) is 2.19. The maximum Gasteiger partial charge on any atom is 0.268 e. The van der Waals surface area contributed by atoms with Crippen molar-refractivity contribution in [3.05, 3.63) is 53.8 Å².